The fourth-order valence-corrected chi connectivity index (χ4v) is 3.68. The van der Waals surface area contributed by atoms with Gasteiger partial charge in [-0.1, -0.05) is 55.5 Å². The molecule has 2 rings (SSSR count). The molecular formula is C27H37N3O6. The van der Waals surface area contributed by atoms with E-state index in [0.29, 0.717) is 12.0 Å². The summed E-state index contributed by atoms with van der Waals surface area (Å²) < 4.78 is 5.22. The van der Waals surface area contributed by atoms with Crippen LogP contribution in [-0.2, 0) is 20.9 Å². The number of nitrogens with one attached hydrogen (secondary N) is 2. The fraction of sp³-hybridized carbons (Fsp3) is 0.444. The van der Waals surface area contributed by atoms with Gasteiger partial charge in [-0.25, -0.2) is 4.79 Å². The molecule has 0 saturated heterocycles. The van der Waals surface area contributed by atoms with E-state index < -0.39 is 42.2 Å². The first-order chi connectivity index (χ1) is 17.0. The van der Waals surface area contributed by atoms with Gasteiger partial charge in [-0.15, -0.1) is 0 Å². The standard InChI is InChI=1S/C27H37N3O6/c1-6-15-30(25(34)21(17-31)29-26(35)36-27(3,4)5)22(20-14-10-11-18(2)23(20)32)24(33)28-16-19-12-8-7-9-13-19/h7-14,21-22,31-32H,6,15-17H2,1-5H3,(H,28,33)(H,29,35). The molecule has 0 saturated carbocycles. The number of hydrogen-bond donors (Lipinski definition) is 4. The van der Waals surface area contributed by atoms with E-state index in [4.69, 9.17) is 4.74 Å². The third kappa shape index (κ3) is 7.98. The number of aliphatic hydroxyl groups is 1. The highest BCUT2D eigenvalue weighted by molar-refractivity contribution is 5.92. The maximum Gasteiger partial charge on any atom is 0.408 e. The molecule has 0 aromatic heterocycles. The number of benzene rings is 2. The number of aromatic hydroxyl groups is 1. The van der Waals surface area contributed by atoms with Crippen LogP contribution < -0.4 is 10.6 Å². The predicted molar refractivity (Wildman–Crippen MR) is 136 cm³/mol. The molecule has 0 heterocycles. The van der Waals surface area contributed by atoms with Crippen molar-refractivity contribution in [3.05, 3.63) is 65.2 Å². The number of amides is 3. The van der Waals surface area contributed by atoms with E-state index in [2.05, 4.69) is 10.6 Å². The molecule has 0 aliphatic rings. The number of phenols is 1. The summed E-state index contributed by atoms with van der Waals surface area (Å²) in [5, 5.41) is 26.0. The Hall–Kier alpha value is -3.59. The van der Waals surface area contributed by atoms with Crippen molar-refractivity contribution in [2.45, 2.75) is 65.3 Å². The lowest BCUT2D eigenvalue weighted by atomic mass is 9.99. The molecule has 0 radical (unpaired) electrons. The van der Waals surface area contributed by atoms with Gasteiger partial charge < -0.3 is 30.5 Å². The molecule has 0 aliphatic carbocycles. The number of rotatable bonds is 10. The second-order valence-electron chi connectivity index (χ2n) is 9.53. The summed E-state index contributed by atoms with van der Waals surface area (Å²) in [5.41, 5.74) is 0.856. The molecule has 0 bridgehead atoms. The zero-order valence-electron chi connectivity index (χ0n) is 21.6. The van der Waals surface area contributed by atoms with Gasteiger partial charge >= 0.3 is 6.09 Å². The molecule has 2 atom stereocenters. The fourth-order valence-electron chi connectivity index (χ4n) is 3.68. The lowest BCUT2D eigenvalue weighted by Crippen LogP contribution is -2.54. The Bertz CT molecular complexity index is 1040. The summed E-state index contributed by atoms with van der Waals surface area (Å²) in [7, 11) is 0. The zero-order valence-corrected chi connectivity index (χ0v) is 21.6. The average molecular weight is 500 g/mol. The third-order valence-corrected chi connectivity index (χ3v) is 5.35. The number of alkyl carbamates (subject to hydrolysis) is 1. The number of aliphatic hydroxyl groups excluding tert-OH is 1. The van der Waals surface area contributed by atoms with Gasteiger partial charge in [-0.2, -0.15) is 0 Å². The molecule has 4 N–H and O–H groups in total. The molecule has 9 heteroatoms. The molecule has 0 aliphatic heterocycles. The van der Waals surface area contributed by atoms with E-state index in [1.807, 2.05) is 37.3 Å². The minimum absolute atomic E-state index is 0.105. The van der Waals surface area contributed by atoms with Crippen molar-refractivity contribution in [1.82, 2.24) is 15.5 Å². The SMILES string of the molecule is CCCN(C(=O)C(CO)NC(=O)OC(C)(C)C)C(C(=O)NCc1ccccc1)c1cccc(C)c1O. The van der Waals surface area contributed by atoms with Crippen LogP contribution in [0.1, 0.15) is 56.8 Å². The van der Waals surface area contributed by atoms with Crippen molar-refractivity contribution < 1.29 is 29.3 Å². The Balaban J connectivity index is 2.42. The highest BCUT2D eigenvalue weighted by atomic mass is 16.6. The van der Waals surface area contributed by atoms with E-state index >= 15 is 0 Å². The second kappa shape index (κ2) is 12.9. The van der Waals surface area contributed by atoms with Crippen LogP contribution in [-0.4, -0.2) is 57.8 Å². The summed E-state index contributed by atoms with van der Waals surface area (Å²) in [6, 6.07) is 11.7. The van der Waals surface area contributed by atoms with Crippen molar-refractivity contribution in [2.75, 3.05) is 13.2 Å². The number of phenolic OH excluding ortho intramolecular Hbond substituents is 1. The Labute approximate surface area is 212 Å². The van der Waals surface area contributed by atoms with E-state index in [1.165, 1.54) is 4.90 Å². The van der Waals surface area contributed by atoms with Gasteiger partial charge in [-0.3, -0.25) is 9.59 Å². The van der Waals surface area contributed by atoms with Crippen LogP contribution in [0.3, 0.4) is 0 Å². The van der Waals surface area contributed by atoms with E-state index in [1.54, 1.807) is 45.9 Å². The minimum Gasteiger partial charge on any atom is -0.507 e. The zero-order chi connectivity index (χ0) is 26.9. The van der Waals surface area contributed by atoms with Crippen LogP contribution in [0.25, 0.3) is 0 Å². The first kappa shape index (κ1) is 28.6. The molecule has 0 spiro atoms. The quantitative estimate of drug-likeness (QED) is 0.398. The van der Waals surface area contributed by atoms with Crippen LogP contribution >= 0.6 is 0 Å². The van der Waals surface area contributed by atoms with Crippen LogP contribution in [0.4, 0.5) is 4.79 Å². The smallest absolute Gasteiger partial charge is 0.408 e. The lowest BCUT2D eigenvalue weighted by molar-refractivity contribution is -0.143. The number of ether oxygens (including phenoxy) is 1. The summed E-state index contributed by atoms with van der Waals surface area (Å²) in [6.45, 7) is 8.24. The molecule has 36 heavy (non-hydrogen) atoms. The van der Waals surface area contributed by atoms with Gasteiger partial charge in [-0.05, 0) is 45.2 Å². The van der Waals surface area contributed by atoms with E-state index in [0.717, 1.165) is 5.56 Å². The normalized spacial score (nSPS) is 12.8. The third-order valence-electron chi connectivity index (χ3n) is 5.35. The van der Waals surface area contributed by atoms with Gasteiger partial charge in [0.05, 0.1) is 6.61 Å². The minimum atomic E-state index is -1.34. The Morgan fingerprint density at radius 3 is 2.31 bits per heavy atom. The average Bonchev–Trinajstić information content (AvgIpc) is 2.82. The maximum absolute atomic E-state index is 13.6. The molecule has 2 unspecified atom stereocenters. The molecule has 9 nitrogen and oxygen atoms in total. The van der Waals surface area contributed by atoms with Crippen LogP contribution in [0, 0.1) is 6.92 Å². The van der Waals surface area contributed by atoms with Gasteiger partial charge in [0.15, 0.2) is 0 Å². The van der Waals surface area contributed by atoms with Crippen LogP contribution in [0.5, 0.6) is 5.75 Å². The number of carbonyl (C=O) groups is 3. The molecular weight excluding hydrogens is 462 g/mol. The van der Waals surface area contributed by atoms with Crippen molar-refractivity contribution in [3.63, 3.8) is 0 Å². The lowest BCUT2D eigenvalue weighted by Gasteiger charge is -2.34. The number of carbonyl (C=O) groups excluding carboxylic acids is 3. The van der Waals surface area contributed by atoms with Crippen molar-refractivity contribution >= 4 is 17.9 Å². The van der Waals surface area contributed by atoms with E-state index in [9.17, 15) is 24.6 Å². The molecule has 3 amide bonds. The summed E-state index contributed by atoms with van der Waals surface area (Å²) in [5.74, 6) is -1.28. The molecule has 2 aromatic carbocycles. The summed E-state index contributed by atoms with van der Waals surface area (Å²) in [6.07, 6.45) is -0.374. The van der Waals surface area contributed by atoms with Crippen molar-refractivity contribution in [1.29, 1.82) is 0 Å². The van der Waals surface area contributed by atoms with Gasteiger partial charge in [0.1, 0.15) is 23.4 Å². The summed E-state index contributed by atoms with van der Waals surface area (Å²) in [4.78, 5) is 40.7. The van der Waals surface area contributed by atoms with Gasteiger partial charge in [0.2, 0.25) is 11.8 Å². The topological polar surface area (TPSA) is 128 Å². The number of para-hydroxylation sites is 1. The highest BCUT2D eigenvalue weighted by Crippen LogP contribution is 2.32. The molecule has 2 aromatic rings. The van der Waals surface area contributed by atoms with Crippen LogP contribution in [0.15, 0.2) is 48.5 Å². The Morgan fingerprint density at radius 1 is 1.06 bits per heavy atom. The predicted octanol–water partition coefficient (Wildman–Crippen LogP) is 3.18. The Morgan fingerprint density at radius 2 is 1.72 bits per heavy atom. The Kier molecular flexibility index (Phi) is 10.3. The number of nitrogens with zero attached hydrogens (tertiary/aromatic N) is 1. The maximum atomic E-state index is 13.6. The van der Waals surface area contributed by atoms with E-state index in [-0.39, 0.29) is 24.4 Å². The first-order valence-electron chi connectivity index (χ1n) is 12.0. The van der Waals surface area contributed by atoms with Crippen molar-refractivity contribution in [3.8, 4) is 5.75 Å². The second-order valence-corrected chi connectivity index (χ2v) is 9.53. The van der Waals surface area contributed by atoms with Gasteiger partial charge in [0.25, 0.3) is 0 Å². The molecule has 196 valence electrons. The highest BCUT2D eigenvalue weighted by Gasteiger charge is 2.37. The monoisotopic (exact) mass is 499 g/mol. The number of aryl methyl sites for hydroxylation is 1. The first-order valence-corrected chi connectivity index (χ1v) is 12.0. The van der Waals surface area contributed by atoms with Gasteiger partial charge in [0, 0.05) is 18.7 Å². The van der Waals surface area contributed by atoms with Crippen LogP contribution in [0.2, 0.25) is 0 Å². The largest absolute Gasteiger partial charge is 0.507 e. The summed E-state index contributed by atoms with van der Waals surface area (Å²) >= 11 is 0. The number of hydrogen-bond acceptors (Lipinski definition) is 6. The molecule has 0 fully saturated rings. The van der Waals surface area contributed by atoms with Crippen molar-refractivity contribution in [2.24, 2.45) is 0 Å².